The number of amides is 1. The molecule has 3 aromatic carbocycles. The minimum Gasteiger partial charge on any atom is -0.322 e. The average molecular weight is 405 g/mol. The number of rotatable bonds is 4. The van der Waals surface area contributed by atoms with Gasteiger partial charge in [0.05, 0.1) is 16.8 Å². The van der Waals surface area contributed by atoms with Crippen LogP contribution in [0, 0.1) is 0 Å². The van der Waals surface area contributed by atoms with E-state index < -0.39 is 0 Å². The lowest BCUT2D eigenvalue weighted by molar-refractivity contribution is 0.102. The molecule has 0 fully saturated rings. The number of pyridine rings is 1. The third-order valence-corrected chi connectivity index (χ3v) is 5.41. The van der Waals surface area contributed by atoms with Gasteiger partial charge in [0.2, 0.25) is 0 Å². The second-order valence-electron chi connectivity index (χ2n) is 6.27. The second kappa shape index (κ2) is 8.05. The lowest BCUT2D eigenvalue weighted by Crippen LogP contribution is -2.13. The van der Waals surface area contributed by atoms with Gasteiger partial charge in [-0.05, 0) is 48.7 Å². The maximum absolute atomic E-state index is 13.1. The zero-order valence-corrected chi connectivity index (χ0v) is 16.7. The summed E-state index contributed by atoms with van der Waals surface area (Å²) >= 11 is 7.64. The van der Waals surface area contributed by atoms with Crippen LogP contribution >= 0.6 is 23.4 Å². The number of benzene rings is 3. The van der Waals surface area contributed by atoms with Crippen LogP contribution in [0.3, 0.4) is 0 Å². The van der Waals surface area contributed by atoms with E-state index in [4.69, 9.17) is 16.6 Å². The summed E-state index contributed by atoms with van der Waals surface area (Å²) in [6.07, 6.45) is 2.01. The van der Waals surface area contributed by atoms with E-state index in [2.05, 4.69) is 5.32 Å². The second-order valence-corrected chi connectivity index (χ2v) is 7.58. The van der Waals surface area contributed by atoms with Gasteiger partial charge in [0.25, 0.3) is 5.91 Å². The van der Waals surface area contributed by atoms with Crippen molar-refractivity contribution in [2.45, 2.75) is 4.90 Å². The Balaban J connectivity index is 1.78. The molecule has 4 aromatic rings. The molecule has 0 atom stereocenters. The molecule has 0 radical (unpaired) electrons. The molecule has 0 unspecified atom stereocenters. The molecule has 0 saturated heterocycles. The molecule has 0 aliphatic heterocycles. The molecule has 0 aliphatic rings. The van der Waals surface area contributed by atoms with Crippen molar-refractivity contribution in [3.8, 4) is 11.3 Å². The fourth-order valence-corrected chi connectivity index (χ4v) is 3.62. The zero-order chi connectivity index (χ0) is 19.5. The standard InChI is InChI=1S/C23H17ClN2OS/c1-28-18-6-4-5-17(13-18)25-23(27)20-14-22(15-9-11-16(24)12-10-15)26-21-8-3-2-7-19(20)21/h2-14H,1H3,(H,25,27). The van der Waals surface area contributed by atoms with Crippen molar-refractivity contribution in [3.63, 3.8) is 0 Å². The summed E-state index contributed by atoms with van der Waals surface area (Å²) in [6, 6.07) is 24.8. The topological polar surface area (TPSA) is 42.0 Å². The van der Waals surface area contributed by atoms with Gasteiger partial charge in [-0.15, -0.1) is 11.8 Å². The molecule has 5 heteroatoms. The highest BCUT2D eigenvalue weighted by Gasteiger charge is 2.14. The number of halogens is 1. The number of nitrogens with one attached hydrogen (secondary N) is 1. The minimum absolute atomic E-state index is 0.160. The van der Waals surface area contributed by atoms with Crippen LogP contribution in [0.25, 0.3) is 22.2 Å². The Hall–Kier alpha value is -2.82. The minimum atomic E-state index is -0.160. The van der Waals surface area contributed by atoms with Crippen LogP contribution in [-0.4, -0.2) is 17.1 Å². The molecular formula is C23H17ClN2OS. The van der Waals surface area contributed by atoms with Gasteiger partial charge in [-0.25, -0.2) is 4.98 Å². The predicted octanol–water partition coefficient (Wildman–Crippen LogP) is 6.53. The molecule has 138 valence electrons. The van der Waals surface area contributed by atoms with Gasteiger partial charge < -0.3 is 5.32 Å². The number of anilines is 1. The Morgan fingerprint density at radius 2 is 1.75 bits per heavy atom. The van der Waals surface area contributed by atoms with Crippen molar-refractivity contribution < 1.29 is 4.79 Å². The highest BCUT2D eigenvalue weighted by molar-refractivity contribution is 7.98. The van der Waals surface area contributed by atoms with Gasteiger partial charge in [0.1, 0.15) is 0 Å². The first-order chi connectivity index (χ1) is 13.6. The third-order valence-electron chi connectivity index (χ3n) is 4.43. The number of carbonyl (C=O) groups is 1. The van der Waals surface area contributed by atoms with E-state index >= 15 is 0 Å². The molecule has 28 heavy (non-hydrogen) atoms. The summed E-state index contributed by atoms with van der Waals surface area (Å²) in [7, 11) is 0. The fraction of sp³-hybridized carbons (Fsp3) is 0.0435. The Kier molecular flexibility index (Phi) is 5.33. The molecule has 3 nitrogen and oxygen atoms in total. The maximum Gasteiger partial charge on any atom is 0.256 e. The molecule has 1 heterocycles. The highest BCUT2D eigenvalue weighted by atomic mass is 35.5. The van der Waals surface area contributed by atoms with E-state index in [1.54, 1.807) is 11.8 Å². The van der Waals surface area contributed by atoms with E-state index in [1.807, 2.05) is 85.1 Å². The number of para-hydroxylation sites is 1. The highest BCUT2D eigenvalue weighted by Crippen LogP contribution is 2.27. The summed E-state index contributed by atoms with van der Waals surface area (Å²) in [5.74, 6) is -0.160. The fourth-order valence-electron chi connectivity index (χ4n) is 3.03. The SMILES string of the molecule is CSc1cccc(NC(=O)c2cc(-c3ccc(Cl)cc3)nc3ccccc23)c1. The Labute approximate surface area is 172 Å². The summed E-state index contributed by atoms with van der Waals surface area (Å²) < 4.78 is 0. The lowest BCUT2D eigenvalue weighted by atomic mass is 10.0. The number of fused-ring (bicyclic) bond motifs is 1. The van der Waals surface area contributed by atoms with Crippen molar-refractivity contribution >= 4 is 45.9 Å². The number of hydrogen-bond acceptors (Lipinski definition) is 3. The molecule has 0 saturated carbocycles. The van der Waals surface area contributed by atoms with E-state index in [0.29, 0.717) is 10.6 Å². The summed E-state index contributed by atoms with van der Waals surface area (Å²) in [6.45, 7) is 0. The van der Waals surface area contributed by atoms with Crippen molar-refractivity contribution in [1.82, 2.24) is 4.98 Å². The molecular weight excluding hydrogens is 388 g/mol. The number of carbonyl (C=O) groups excluding carboxylic acids is 1. The summed E-state index contributed by atoms with van der Waals surface area (Å²) in [5.41, 5.74) is 3.78. The van der Waals surface area contributed by atoms with Gasteiger partial charge >= 0.3 is 0 Å². The van der Waals surface area contributed by atoms with Gasteiger partial charge in [0.15, 0.2) is 0 Å². The van der Waals surface area contributed by atoms with Crippen LogP contribution in [0.1, 0.15) is 10.4 Å². The van der Waals surface area contributed by atoms with Crippen LogP contribution < -0.4 is 5.32 Å². The Bertz CT molecular complexity index is 1160. The number of aromatic nitrogens is 1. The van der Waals surface area contributed by atoms with Crippen LogP contribution in [0.15, 0.2) is 83.8 Å². The van der Waals surface area contributed by atoms with Gasteiger partial charge in [-0.1, -0.05) is 48.0 Å². The van der Waals surface area contributed by atoms with Crippen LogP contribution in [-0.2, 0) is 0 Å². The summed E-state index contributed by atoms with van der Waals surface area (Å²) in [4.78, 5) is 18.9. The lowest BCUT2D eigenvalue weighted by Gasteiger charge is -2.11. The average Bonchev–Trinajstić information content (AvgIpc) is 2.73. The molecule has 1 amide bonds. The number of thioether (sulfide) groups is 1. The van der Waals surface area contributed by atoms with Gasteiger partial charge in [-0.3, -0.25) is 4.79 Å². The number of nitrogens with zero attached hydrogens (tertiary/aromatic N) is 1. The molecule has 0 aliphatic carbocycles. The maximum atomic E-state index is 13.1. The van der Waals surface area contributed by atoms with Crippen LogP contribution in [0.4, 0.5) is 5.69 Å². The largest absolute Gasteiger partial charge is 0.322 e. The number of hydrogen-bond donors (Lipinski definition) is 1. The van der Waals surface area contributed by atoms with Crippen LogP contribution in [0.2, 0.25) is 5.02 Å². The predicted molar refractivity (Wildman–Crippen MR) is 118 cm³/mol. The third kappa shape index (κ3) is 3.88. The monoisotopic (exact) mass is 404 g/mol. The molecule has 1 aromatic heterocycles. The zero-order valence-electron chi connectivity index (χ0n) is 15.1. The van der Waals surface area contributed by atoms with E-state index in [1.165, 1.54) is 0 Å². The first-order valence-electron chi connectivity index (χ1n) is 8.75. The smallest absolute Gasteiger partial charge is 0.256 e. The Morgan fingerprint density at radius 1 is 0.964 bits per heavy atom. The van der Waals surface area contributed by atoms with Crippen molar-refractivity contribution in [1.29, 1.82) is 0 Å². The van der Waals surface area contributed by atoms with Gasteiger partial charge in [0, 0.05) is 26.6 Å². The summed E-state index contributed by atoms with van der Waals surface area (Å²) in [5, 5.41) is 4.49. The van der Waals surface area contributed by atoms with Crippen LogP contribution in [0.5, 0.6) is 0 Å². The van der Waals surface area contributed by atoms with Crippen molar-refractivity contribution in [2.75, 3.05) is 11.6 Å². The van der Waals surface area contributed by atoms with Crippen molar-refractivity contribution in [3.05, 3.63) is 89.4 Å². The van der Waals surface area contributed by atoms with Crippen molar-refractivity contribution in [2.24, 2.45) is 0 Å². The first-order valence-corrected chi connectivity index (χ1v) is 10.4. The Morgan fingerprint density at radius 3 is 2.54 bits per heavy atom. The quantitative estimate of drug-likeness (QED) is 0.393. The normalized spacial score (nSPS) is 10.8. The van der Waals surface area contributed by atoms with E-state index in [0.717, 1.165) is 32.7 Å². The molecule has 0 spiro atoms. The molecule has 1 N–H and O–H groups in total. The van der Waals surface area contributed by atoms with E-state index in [9.17, 15) is 4.79 Å². The van der Waals surface area contributed by atoms with E-state index in [-0.39, 0.29) is 5.91 Å². The molecule has 4 rings (SSSR count). The molecule has 0 bridgehead atoms. The van der Waals surface area contributed by atoms with Gasteiger partial charge in [-0.2, -0.15) is 0 Å². The first kappa shape index (κ1) is 18.5.